The number of carbonyl (C=O) groups is 3. The van der Waals surface area contributed by atoms with Crippen molar-refractivity contribution in [1.29, 1.82) is 0 Å². The predicted octanol–water partition coefficient (Wildman–Crippen LogP) is 1.33. The van der Waals surface area contributed by atoms with Gasteiger partial charge in [-0.3, -0.25) is 19.7 Å². The van der Waals surface area contributed by atoms with Crippen molar-refractivity contribution in [2.24, 2.45) is 10.8 Å². The molecule has 2 bridgehead atoms. The molecule has 1 heterocycles. The van der Waals surface area contributed by atoms with E-state index in [2.05, 4.69) is 11.9 Å². The minimum Gasteiger partial charge on any atom is -0.448 e. The highest BCUT2D eigenvalue weighted by atomic mass is 16.6. The van der Waals surface area contributed by atoms with Crippen molar-refractivity contribution in [2.75, 3.05) is 0 Å². The van der Waals surface area contributed by atoms with Gasteiger partial charge in [0.15, 0.2) is 5.60 Å². The van der Waals surface area contributed by atoms with E-state index in [-0.39, 0.29) is 11.5 Å². The van der Waals surface area contributed by atoms with E-state index in [1.54, 1.807) is 0 Å². The summed E-state index contributed by atoms with van der Waals surface area (Å²) in [6.07, 6.45) is 1.03. The van der Waals surface area contributed by atoms with Crippen molar-refractivity contribution < 1.29 is 19.1 Å². The summed E-state index contributed by atoms with van der Waals surface area (Å²) in [6, 6.07) is 0. The van der Waals surface area contributed by atoms with E-state index in [9.17, 15) is 14.4 Å². The fraction of sp³-hybridized carbons (Fsp3) is 0.643. The Hall–Kier alpha value is -1.65. The van der Waals surface area contributed by atoms with Crippen LogP contribution in [0.3, 0.4) is 0 Å². The van der Waals surface area contributed by atoms with Crippen LogP contribution in [-0.4, -0.2) is 23.4 Å². The van der Waals surface area contributed by atoms with Gasteiger partial charge in [0.2, 0.25) is 0 Å². The first-order chi connectivity index (χ1) is 8.58. The summed E-state index contributed by atoms with van der Waals surface area (Å²) in [5.41, 5.74) is -2.32. The summed E-state index contributed by atoms with van der Waals surface area (Å²) in [5.74, 6) is -1.44. The smallest absolute Gasteiger partial charge is 0.313 e. The van der Waals surface area contributed by atoms with Crippen LogP contribution in [0.25, 0.3) is 0 Å². The third-order valence-corrected chi connectivity index (χ3v) is 5.07. The SMILES string of the molecule is C=C(C)C(=O)NC(=O)C12CCC(C)(C(=O)O1)C2(C)C. The number of nitrogens with one attached hydrogen (secondary N) is 1. The molecule has 2 amide bonds. The average molecular weight is 265 g/mol. The Morgan fingerprint density at radius 2 is 1.84 bits per heavy atom. The zero-order chi connectivity index (χ0) is 14.6. The third kappa shape index (κ3) is 1.44. The topological polar surface area (TPSA) is 72.5 Å². The van der Waals surface area contributed by atoms with Crippen molar-refractivity contribution in [2.45, 2.75) is 46.1 Å². The molecule has 0 spiro atoms. The first-order valence-electron chi connectivity index (χ1n) is 6.33. The molecular formula is C14H19NO4. The number of hydrogen-bond donors (Lipinski definition) is 1. The molecule has 5 nitrogen and oxygen atoms in total. The van der Waals surface area contributed by atoms with Crippen LogP contribution < -0.4 is 5.32 Å². The molecule has 2 fully saturated rings. The van der Waals surface area contributed by atoms with Crippen molar-refractivity contribution >= 4 is 17.8 Å². The van der Waals surface area contributed by atoms with Gasteiger partial charge < -0.3 is 4.74 Å². The first kappa shape index (κ1) is 13.8. The molecule has 0 radical (unpaired) electrons. The lowest BCUT2D eigenvalue weighted by Gasteiger charge is -2.35. The van der Waals surface area contributed by atoms with E-state index in [1.807, 2.05) is 20.8 Å². The van der Waals surface area contributed by atoms with Crippen LogP contribution in [0.1, 0.15) is 40.5 Å². The van der Waals surface area contributed by atoms with E-state index in [0.717, 1.165) is 0 Å². The van der Waals surface area contributed by atoms with Gasteiger partial charge in [-0.15, -0.1) is 0 Å². The van der Waals surface area contributed by atoms with Crippen LogP contribution in [0.5, 0.6) is 0 Å². The molecule has 1 aliphatic heterocycles. The number of fused-ring (bicyclic) bond motifs is 2. The normalized spacial score (nSPS) is 34.8. The first-order valence-corrected chi connectivity index (χ1v) is 6.33. The summed E-state index contributed by atoms with van der Waals surface area (Å²) in [7, 11) is 0. The molecule has 1 N–H and O–H groups in total. The highest BCUT2D eigenvalue weighted by Gasteiger charge is 2.75. The van der Waals surface area contributed by atoms with Crippen LogP contribution in [0.15, 0.2) is 12.2 Å². The highest BCUT2D eigenvalue weighted by molar-refractivity contribution is 6.08. The molecule has 5 heteroatoms. The molecule has 2 atom stereocenters. The Labute approximate surface area is 112 Å². The Bertz CT molecular complexity index is 508. The van der Waals surface area contributed by atoms with Crippen molar-refractivity contribution in [3.8, 4) is 0 Å². The molecule has 2 rings (SSSR count). The molecule has 0 aromatic heterocycles. The molecule has 104 valence electrons. The number of imide groups is 1. The molecule has 2 unspecified atom stereocenters. The molecule has 0 aromatic rings. The minimum absolute atomic E-state index is 0.243. The summed E-state index contributed by atoms with van der Waals surface area (Å²) in [6.45, 7) is 10.5. The van der Waals surface area contributed by atoms with Gasteiger partial charge in [0.1, 0.15) is 0 Å². The fourth-order valence-corrected chi connectivity index (χ4v) is 3.06. The van der Waals surface area contributed by atoms with Gasteiger partial charge in [-0.25, -0.2) is 0 Å². The maximum Gasteiger partial charge on any atom is 0.313 e. The molecule has 2 aliphatic rings. The van der Waals surface area contributed by atoms with Crippen molar-refractivity contribution in [3.63, 3.8) is 0 Å². The lowest BCUT2D eigenvalue weighted by atomic mass is 9.66. The molecular weight excluding hydrogens is 246 g/mol. The second-order valence-electron chi connectivity index (χ2n) is 6.24. The summed E-state index contributed by atoms with van der Waals surface area (Å²) in [4.78, 5) is 36.0. The second-order valence-corrected chi connectivity index (χ2v) is 6.24. The van der Waals surface area contributed by atoms with E-state index >= 15 is 0 Å². The number of ether oxygens (including phenoxy) is 1. The zero-order valence-electron chi connectivity index (χ0n) is 11.8. The molecule has 0 aromatic carbocycles. The second kappa shape index (κ2) is 3.68. The Balaban J connectivity index is 2.35. The van der Waals surface area contributed by atoms with Crippen LogP contribution in [0.4, 0.5) is 0 Å². The van der Waals surface area contributed by atoms with Crippen molar-refractivity contribution in [1.82, 2.24) is 5.32 Å². The van der Waals surface area contributed by atoms with E-state index in [0.29, 0.717) is 12.8 Å². The summed E-state index contributed by atoms with van der Waals surface area (Å²) >= 11 is 0. The summed E-state index contributed by atoms with van der Waals surface area (Å²) in [5, 5.41) is 2.28. The third-order valence-electron chi connectivity index (χ3n) is 5.07. The van der Waals surface area contributed by atoms with Gasteiger partial charge in [0.25, 0.3) is 11.8 Å². The van der Waals surface area contributed by atoms with Gasteiger partial charge in [-0.2, -0.15) is 0 Å². The number of hydrogen-bond acceptors (Lipinski definition) is 4. The average Bonchev–Trinajstić information content (AvgIpc) is 2.59. The van der Waals surface area contributed by atoms with Gasteiger partial charge in [0.05, 0.1) is 5.41 Å². The number of esters is 1. The largest absolute Gasteiger partial charge is 0.448 e. The maximum atomic E-state index is 12.4. The van der Waals surface area contributed by atoms with E-state index < -0.39 is 28.2 Å². The molecule has 19 heavy (non-hydrogen) atoms. The Kier molecular flexibility index (Phi) is 2.67. The zero-order valence-corrected chi connectivity index (χ0v) is 11.8. The van der Waals surface area contributed by atoms with Crippen LogP contribution in [-0.2, 0) is 19.1 Å². The van der Waals surface area contributed by atoms with Gasteiger partial charge >= 0.3 is 5.97 Å². The maximum absolute atomic E-state index is 12.4. The van der Waals surface area contributed by atoms with Crippen molar-refractivity contribution in [3.05, 3.63) is 12.2 Å². The quantitative estimate of drug-likeness (QED) is 0.604. The lowest BCUT2D eigenvalue weighted by molar-refractivity contribution is -0.168. The predicted molar refractivity (Wildman–Crippen MR) is 67.9 cm³/mol. The fourth-order valence-electron chi connectivity index (χ4n) is 3.06. The number of amides is 2. The summed E-state index contributed by atoms with van der Waals surface area (Å²) < 4.78 is 5.38. The van der Waals surface area contributed by atoms with Gasteiger partial charge in [0, 0.05) is 11.0 Å². The van der Waals surface area contributed by atoms with Crippen LogP contribution in [0.2, 0.25) is 0 Å². The van der Waals surface area contributed by atoms with E-state index in [4.69, 9.17) is 4.74 Å². The van der Waals surface area contributed by atoms with Gasteiger partial charge in [-0.05, 0) is 26.7 Å². The number of rotatable bonds is 2. The van der Waals surface area contributed by atoms with Gasteiger partial charge in [-0.1, -0.05) is 20.4 Å². The Morgan fingerprint density at radius 1 is 1.26 bits per heavy atom. The minimum atomic E-state index is -1.25. The van der Waals surface area contributed by atoms with Crippen LogP contribution >= 0.6 is 0 Å². The monoisotopic (exact) mass is 265 g/mol. The standard InChI is InChI=1S/C14H19NO4/c1-8(2)9(16)15-10(17)14-7-6-13(5,11(18)19-14)12(14,3)4/h1,6-7H2,2-5H3,(H,15,16,17). The highest BCUT2D eigenvalue weighted by Crippen LogP contribution is 2.65. The molecule has 1 saturated heterocycles. The molecule has 1 aliphatic carbocycles. The molecule has 1 saturated carbocycles. The number of carbonyl (C=O) groups excluding carboxylic acids is 3. The Morgan fingerprint density at radius 3 is 2.21 bits per heavy atom. The van der Waals surface area contributed by atoms with Crippen LogP contribution in [0, 0.1) is 10.8 Å². The van der Waals surface area contributed by atoms with E-state index in [1.165, 1.54) is 6.92 Å². The lowest BCUT2D eigenvalue weighted by Crippen LogP contribution is -2.54.